The summed E-state index contributed by atoms with van der Waals surface area (Å²) >= 11 is 1.74. The van der Waals surface area contributed by atoms with E-state index in [1.807, 2.05) is 37.4 Å². The number of pyridine rings is 1. The zero-order valence-electron chi connectivity index (χ0n) is 12.1. The number of fused-ring (bicyclic) bond motifs is 1. The van der Waals surface area contributed by atoms with Gasteiger partial charge < -0.3 is 0 Å². The summed E-state index contributed by atoms with van der Waals surface area (Å²) in [4.78, 5) is 10.3. The second kappa shape index (κ2) is 5.89. The van der Waals surface area contributed by atoms with E-state index in [2.05, 4.69) is 28.4 Å². The Labute approximate surface area is 128 Å². The van der Waals surface area contributed by atoms with Gasteiger partial charge in [-0.25, -0.2) is 4.98 Å². The third-order valence-electron chi connectivity index (χ3n) is 3.71. The van der Waals surface area contributed by atoms with Crippen LogP contribution in [0.3, 0.4) is 0 Å². The molecule has 3 N–H and O–H groups in total. The minimum absolute atomic E-state index is 0.0304. The van der Waals surface area contributed by atoms with Gasteiger partial charge in [0.1, 0.15) is 0 Å². The molecular weight excluding hydrogens is 280 g/mol. The molecule has 5 heteroatoms. The Bertz CT molecular complexity index is 741. The van der Waals surface area contributed by atoms with Crippen molar-refractivity contribution in [3.63, 3.8) is 0 Å². The summed E-state index contributed by atoms with van der Waals surface area (Å²) in [7, 11) is 0. The second-order valence-corrected chi connectivity index (χ2v) is 6.38. The fourth-order valence-electron chi connectivity index (χ4n) is 2.48. The minimum Gasteiger partial charge on any atom is -0.271 e. The Balaban J connectivity index is 1.98. The van der Waals surface area contributed by atoms with Crippen molar-refractivity contribution in [2.45, 2.75) is 26.3 Å². The first kappa shape index (κ1) is 14.1. The molecule has 0 saturated heterocycles. The normalized spacial score (nSPS) is 12.7. The smallest absolute Gasteiger partial charge is 0.0950 e. The highest BCUT2D eigenvalue weighted by Crippen LogP contribution is 2.27. The lowest BCUT2D eigenvalue weighted by atomic mass is 10.0. The molecule has 0 bridgehead atoms. The summed E-state index contributed by atoms with van der Waals surface area (Å²) in [5.74, 6) is 5.79. The minimum atomic E-state index is 0.0304. The van der Waals surface area contributed by atoms with E-state index >= 15 is 0 Å². The van der Waals surface area contributed by atoms with Crippen LogP contribution in [-0.2, 0) is 6.42 Å². The number of benzene rings is 1. The molecule has 0 saturated carbocycles. The first-order chi connectivity index (χ1) is 10.2. The van der Waals surface area contributed by atoms with E-state index in [-0.39, 0.29) is 6.04 Å². The summed E-state index contributed by atoms with van der Waals surface area (Å²) in [6.45, 7) is 4.14. The molecule has 0 aliphatic rings. The fraction of sp³-hybridized carbons (Fsp3) is 0.250. The fourth-order valence-corrected chi connectivity index (χ4v) is 3.46. The molecule has 3 aromatic rings. The predicted octanol–water partition coefficient (Wildman–Crippen LogP) is 3.06. The van der Waals surface area contributed by atoms with Gasteiger partial charge in [-0.2, -0.15) is 0 Å². The van der Waals surface area contributed by atoms with Gasteiger partial charge in [-0.1, -0.05) is 18.2 Å². The Morgan fingerprint density at radius 3 is 2.76 bits per heavy atom. The van der Waals surface area contributed by atoms with Gasteiger partial charge in [0.25, 0.3) is 0 Å². The standard InChI is InChI=1S/C16H18N4S/c1-10-11(2)21-16(19-10)9-15(20-17)13-7-8-18-14-6-4-3-5-12(13)14/h3-8,15,20H,9,17H2,1-2H3. The van der Waals surface area contributed by atoms with E-state index in [0.717, 1.165) is 33.6 Å². The summed E-state index contributed by atoms with van der Waals surface area (Å²) in [6, 6.07) is 10.2. The van der Waals surface area contributed by atoms with Crippen molar-refractivity contribution in [1.82, 2.24) is 15.4 Å². The van der Waals surface area contributed by atoms with Gasteiger partial charge in [0, 0.05) is 22.9 Å². The summed E-state index contributed by atoms with van der Waals surface area (Å²) in [5, 5.41) is 2.24. The predicted molar refractivity (Wildman–Crippen MR) is 87.1 cm³/mol. The van der Waals surface area contributed by atoms with Crippen molar-refractivity contribution >= 4 is 22.2 Å². The van der Waals surface area contributed by atoms with Crippen LogP contribution < -0.4 is 11.3 Å². The first-order valence-electron chi connectivity index (χ1n) is 6.91. The van der Waals surface area contributed by atoms with Crippen molar-refractivity contribution < 1.29 is 0 Å². The molecule has 0 spiro atoms. The van der Waals surface area contributed by atoms with Gasteiger partial charge in [-0.15, -0.1) is 11.3 Å². The van der Waals surface area contributed by atoms with Crippen molar-refractivity contribution in [2.24, 2.45) is 5.84 Å². The van der Waals surface area contributed by atoms with Crippen molar-refractivity contribution in [2.75, 3.05) is 0 Å². The van der Waals surface area contributed by atoms with Crippen molar-refractivity contribution in [1.29, 1.82) is 0 Å². The van der Waals surface area contributed by atoms with Crippen LogP contribution in [-0.4, -0.2) is 9.97 Å². The average Bonchev–Trinajstić information content (AvgIpc) is 2.82. The molecule has 3 rings (SSSR count). The number of para-hydroxylation sites is 1. The number of thiazole rings is 1. The van der Waals surface area contributed by atoms with Crippen molar-refractivity contribution in [3.8, 4) is 0 Å². The molecule has 0 amide bonds. The van der Waals surface area contributed by atoms with E-state index < -0.39 is 0 Å². The highest BCUT2D eigenvalue weighted by molar-refractivity contribution is 7.11. The van der Waals surface area contributed by atoms with E-state index in [4.69, 9.17) is 5.84 Å². The van der Waals surface area contributed by atoms with E-state index in [1.165, 1.54) is 4.88 Å². The number of hydrogen-bond donors (Lipinski definition) is 2. The van der Waals surface area contributed by atoms with E-state index in [1.54, 1.807) is 11.3 Å². The molecule has 108 valence electrons. The van der Waals surface area contributed by atoms with Crippen LogP contribution in [0.1, 0.15) is 27.2 Å². The lowest BCUT2D eigenvalue weighted by Gasteiger charge is -2.17. The maximum Gasteiger partial charge on any atom is 0.0950 e. The molecule has 0 aliphatic heterocycles. The Kier molecular flexibility index (Phi) is 3.96. The van der Waals surface area contributed by atoms with Gasteiger partial charge >= 0.3 is 0 Å². The summed E-state index contributed by atoms with van der Waals surface area (Å²) in [6.07, 6.45) is 2.62. The van der Waals surface area contributed by atoms with Crippen LogP contribution in [0, 0.1) is 13.8 Å². The number of rotatable bonds is 4. The van der Waals surface area contributed by atoms with Crippen LogP contribution in [0.2, 0.25) is 0 Å². The SMILES string of the molecule is Cc1nc(CC(NN)c2ccnc3ccccc23)sc1C. The number of aryl methyl sites for hydroxylation is 2. The average molecular weight is 298 g/mol. The number of nitrogens with two attached hydrogens (primary N) is 1. The molecule has 1 unspecified atom stereocenters. The molecule has 1 atom stereocenters. The van der Waals surface area contributed by atoms with Gasteiger partial charge in [-0.3, -0.25) is 16.3 Å². The maximum atomic E-state index is 5.79. The van der Waals surface area contributed by atoms with Crippen LogP contribution in [0.4, 0.5) is 0 Å². The van der Waals surface area contributed by atoms with Gasteiger partial charge in [-0.05, 0) is 31.5 Å². The highest BCUT2D eigenvalue weighted by atomic mass is 32.1. The van der Waals surface area contributed by atoms with Crippen molar-refractivity contribution in [3.05, 3.63) is 57.7 Å². The van der Waals surface area contributed by atoms with Crippen LogP contribution in [0.5, 0.6) is 0 Å². The quantitative estimate of drug-likeness (QED) is 0.574. The molecule has 4 nitrogen and oxygen atoms in total. The molecule has 0 radical (unpaired) electrons. The zero-order valence-corrected chi connectivity index (χ0v) is 12.9. The third-order valence-corrected chi connectivity index (χ3v) is 4.81. The highest BCUT2D eigenvalue weighted by Gasteiger charge is 2.16. The van der Waals surface area contributed by atoms with Gasteiger partial charge in [0.2, 0.25) is 0 Å². The Hall–Kier alpha value is -1.82. The lowest BCUT2D eigenvalue weighted by molar-refractivity contribution is 0.553. The molecule has 2 aromatic heterocycles. The number of hydrazine groups is 1. The molecule has 21 heavy (non-hydrogen) atoms. The molecular formula is C16H18N4S. The largest absolute Gasteiger partial charge is 0.271 e. The summed E-state index contributed by atoms with van der Waals surface area (Å²) < 4.78 is 0. The van der Waals surface area contributed by atoms with E-state index in [0.29, 0.717) is 0 Å². The van der Waals surface area contributed by atoms with Crippen LogP contribution >= 0.6 is 11.3 Å². The second-order valence-electron chi connectivity index (χ2n) is 5.09. The first-order valence-corrected chi connectivity index (χ1v) is 7.73. The topological polar surface area (TPSA) is 63.8 Å². The lowest BCUT2D eigenvalue weighted by Crippen LogP contribution is -2.29. The van der Waals surface area contributed by atoms with E-state index in [9.17, 15) is 0 Å². The Morgan fingerprint density at radius 2 is 2.05 bits per heavy atom. The number of aromatic nitrogens is 2. The number of nitrogens with zero attached hydrogens (tertiary/aromatic N) is 2. The van der Waals surface area contributed by atoms with Crippen LogP contribution in [0.25, 0.3) is 10.9 Å². The Morgan fingerprint density at radius 1 is 1.24 bits per heavy atom. The zero-order chi connectivity index (χ0) is 14.8. The number of hydrogen-bond acceptors (Lipinski definition) is 5. The molecule has 2 heterocycles. The number of nitrogens with one attached hydrogen (secondary N) is 1. The monoisotopic (exact) mass is 298 g/mol. The maximum absolute atomic E-state index is 5.79. The van der Waals surface area contributed by atoms with Crippen LogP contribution in [0.15, 0.2) is 36.5 Å². The summed E-state index contributed by atoms with van der Waals surface area (Å²) in [5.41, 5.74) is 6.18. The van der Waals surface area contributed by atoms with Gasteiger partial charge in [0.05, 0.1) is 22.3 Å². The molecule has 1 aromatic carbocycles. The third kappa shape index (κ3) is 2.81. The van der Waals surface area contributed by atoms with Gasteiger partial charge in [0.15, 0.2) is 0 Å². The molecule has 0 aliphatic carbocycles. The molecule has 0 fully saturated rings.